The molecule has 2 rings (SSSR count). The number of nitrogens with zero attached hydrogens (tertiary/aromatic N) is 2. The van der Waals surface area contributed by atoms with E-state index in [-0.39, 0.29) is 6.42 Å². The third-order valence-electron chi connectivity index (χ3n) is 2.33. The first-order chi connectivity index (χ1) is 10.1. The highest BCUT2D eigenvalue weighted by Crippen LogP contribution is 2.28. The molecule has 0 unspecified atom stereocenters. The van der Waals surface area contributed by atoms with Gasteiger partial charge in [-0.25, -0.2) is 4.79 Å². The first-order valence-corrected chi connectivity index (χ1v) is 7.23. The van der Waals surface area contributed by atoms with Crippen LogP contribution in [0.25, 0.3) is 11.5 Å². The lowest BCUT2D eigenvalue weighted by atomic mass is 10.2. The predicted molar refractivity (Wildman–Crippen MR) is 77.8 cm³/mol. The quantitative estimate of drug-likeness (QED) is 0.813. The van der Waals surface area contributed by atoms with Crippen molar-refractivity contribution in [2.24, 2.45) is 5.73 Å². The molecule has 21 heavy (non-hydrogen) atoms. The first kappa shape index (κ1) is 15.3. The second-order valence-corrected chi connectivity index (χ2v) is 5.32. The van der Waals surface area contributed by atoms with Gasteiger partial charge in [-0.1, -0.05) is 35.5 Å². The lowest BCUT2D eigenvalue weighted by molar-refractivity contribution is -0.119. The smallest absolute Gasteiger partial charge is 0.318 e. The summed E-state index contributed by atoms with van der Waals surface area (Å²) < 4.78 is 5.45. The normalized spacial score (nSPS) is 10.3. The second-order valence-electron chi connectivity index (χ2n) is 3.86. The van der Waals surface area contributed by atoms with E-state index in [1.807, 2.05) is 11.4 Å². The maximum absolute atomic E-state index is 11.2. The molecule has 7 nitrogen and oxygen atoms in total. The average molecular weight is 327 g/mol. The molecule has 0 spiro atoms. The Balaban J connectivity index is 1.91. The number of nitrogens with two attached hydrogens (primary N) is 1. The molecule has 1 aromatic heterocycles. The van der Waals surface area contributed by atoms with E-state index in [0.29, 0.717) is 27.5 Å². The Bertz CT molecular complexity index is 661. The van der Waals surface area contributed by atoms with Gasteiger partial charge in [0.25, 0.3) is 5.22 Å². The van der Waals surface area contributed by atoms with Gasteiger partial charge in [0, 0.05) is 12.2 Å². The Morgan fingerprint density at radius 2 is 2.10 bits per heavy atom. The summed E-state index contributed by atoms with van der Waals surface area (Å²) in [4.78, 5) is 21.7. The summed E-state index contributed by atoms with van der Waals surface area (Å²) >= 11 is 7.23. The molecule has 0 aliphatic carbocycles. The number of halogens is 1. The van der Waals surface area contributed by atoms with Crippen molar-refractivity contribution in [2.75, 3.05) is 5.75 Å². The van der Waals surface area contributed by atoms with Crippen LogP contribution in [0.4, 0.5) is 4.79 Å². The fraction of sp³-hybridized carbons (Fsp3) is 0.167. The number of imide groups is 1. The van der Waals surface area contributed by atoms with Gasteiger partial charge in [-0.2, -0.15) is 0 Å². The van der Waals surface area contributed by atoms with Crippen molar-refractivity contribution >= 4 is 35.3 Å². The van der Waals surface area contributed by atoms with E-state index in [0.717, 1.165) is 0 Å². The molecular formula is C12H11ClN4O3S. The van der Waals surface area contributed by atoms with Crippen LogP contribution in [-0.4, -0.2) is 27.9 Å². The number of hydrogen-bond donors (Lipinski definition) is 2. The standard InChI is InChI=1S/C12H11ClN4O3S/c13-8-4-2-1-3-7(8)10-16-17-12(20-10)21-6-5-9(18)15-11(14)19/h1-4H,5-6H2,(H3,14,15,18,19). The van der Waals surface area contributed by atoms with Gasteiger partial charge in [0.05, 0.1) is 10.6 Å². The third kappa shape index (κ3) is 4.47. The predicted octanol–water partition coefficient (Wildman–Crippen LogP) is 2.07. The van der Waals surface area contributed by atoms with E-state index >= 15 is 0 Å². The molecule has 9 heteroatoms. The molecule has 1 heterocycles. The van der Waals surface area contributed by atoms with E-state index in [1.165, 1.54) is 11.8 Å². The van der Waals surface area contributed by atoms with E-state index in [4.69, 9.17) is 21.8 Å². The van der Waals surface area contributed by atoms with Gasteiger partial charge in [0.1, 0.15) is 0 Å². The first-order valence-electron chi connectivity index (χ1n) is 5.87. The summed E-state index contributed by atoms with van der Waals surface area (Å²) in [5, 5.41) is 10.6. The number of carbonyl (C=O) groups excluding carboxylic acids is 2. The van der Waals surface area contributed by atoms with Crippen LogP contribution in [0, 0.1) is 0 Å². The Labute approximate surface area is 129 Å². The molecule has 110 valence electrons. The molecule has 0 atom stereocenters. The lowest BCUT2D eigenvalue weighted by Crippen LogP contribution is -2.35. The second kappa shape index (κ2) is 7.09. The highest BCUT2D eigenvalue weighted by Gasteiger charge is 2.12. The van der Waals surface area contributed by atoms with Gasteiger partial charge in [-0.05, 0) is 12.1 Å². The molecule has 1 aromatic carbocycles. The number of benzene rings is 1. The summed E-state index contributed by atoms with van der Waals surface area (Å²) in [7, 11) is 0. The minimum Gasteiger partial charge on any atom is -0.411 e. The van der Waals surface area contributed by atoms with E-state index in [1.54, 1.807) is 18.2 Å². The van der Waals surface area contributed by atoms with Crippen LogP contribution < -0.4 is 11.1 Å². The molecule has 0 fully saturated rings. The van der Waals surface area contributed by atoms with Crippen LogP contribution in [0.3, 0.4) is 0 Å². The highest BCUT2D eigenvalue weighted by atomic mass is 35.5. The van der Waals surface area contributed by atoms with Crippen molar-refractivity contribution in [3.8, 4) is 11.5 Å². The van der Waals surface area contributed by atoms with Crippen LogP contribution in [0.5, 0.6) is 0 Å². The lowest BCUT2D eigenvalue weighted by Gasteiger charge is -1.98. The Kier molecular flexibility index (Phi) is 5.18. The summed E-state index contributed by atoms with van der Waals surface area (Å²) in [6.07, 6.45) is 0.109. The third-order valence-corrected chi connectivity index (χ3v) is 3.48. The summed E-state index contributed by atoms with van der Waals surface area (Å²) in [6, 6.07) is 6.23. The van der Waals surface area contributed by atoms with Crippen LogP contribution in [0.15, 0.2) is 33.9 Å². The number of rotatable bonds is 5. The maximum atomic E-state index is 11.2. The Morgan fingerprint density at radius 1 is 1.33 bits per heavy atom. The van der Waals surface area contributed by atoms with Crippen molar-refractivity contribution in [2.45, 2.75) is 11.6 Å². The highest BCUT2D eigenvalue weighted by molar-refractivity contribution is 7.99. The maximum Gasteiger partial charge on any atom is 0.318 e. The monoisotopic (exact) mass is 326 g/mol. The van der Waals surface area contributed by atoms with E-state index in [9.17, 15) is 9.59 Å². The zero-order valence-corrected chi connectivity index (χ0v) is 12.3. The minimum atomic E-state index is -0.871. The molecular weight excluding hydrogens is 316 g/mol. The van der Waals surface area contributed by atoms with Gasteiger partial charge < -0.3 is 10.2 Å². The van der Waals surface area contributed by atoms with Crippen molar-refractivity contribution in [3.05, 3.63) is 29.3 Å². The van der Waals surface area contributed by atoms with Gasteiger partial charge in [0.15, 0.2) is 0 Å². The number of thioether (sulfide) groups is 1. The van der Waals surface area contributed by atoms with Crippen molar-refractivity contribution < 1.29 is 14.0 Å². The number of urea groups is 1. The van der Waals surface area contributed by atoms with Gasteiger partial charge in [-0.15, -0.1) is 10.2 Å². The average Bonchev–Trinajstić information content (AvgIpc) is 2.87. The van der Waals surface area contributed by atoms with Crippen LogP contribution in [-0.2, 0) is 4.79 Å². The molecule has 0 aliphatic heterocycles. The SMILES string of the molecule is NC(=O)NC(=O)CCSc1nnc(-c2ccccc2Cl)o1. The number of amides is 3. The molecule has 0 saturated heterocycles. The molecule has 3 N–H and O–H groups in total. The van der Waals surface area contributed by atoms with E-state index in [2.05, 4.69) is 10.2 Å². The van der Waals surface area contributed by atoms with Crippen LogP contribution >= 0.6 is 23.4 Å². The zero-order valence-electron chi connectivity index (χ0n) is 10.7. The molecule has 3 amide bonds. The zero-order chi connectivity index (χ0) is 15.2. The van der Waals surface area contributed by atoms with Crippen molar-refractivity contribution in [3.63, 3.8) is 0 Å². The largest absolute Gasteiger partial charge is 0.411 e. The summed E-state index contributed by atoms with van der Waals surface area (Å²) in [5.41, 5.74) is 5.47. The topological polar surface area (TPSA) is 111 Å². The van der Waals surface area contributed by atoms with Crippen molar-refractivity contribution in [1.82, 2.24) is 15.5 Å². The number of aromatic nitrogens is 2. The molecule has 0 aliphatic rings. The molecule has 2 aromatic rings. The van der Waals surface area contributed by atoms with Crippen molar-refractivity contribution in [1.29, 1.82) is 0 Å². The number of hydrogen-bond acceptors (Lipinski definition) is 6. The molecule has 0 saturated carbocycles. The fourth-order valence-corrected chi connectivity index (χ4v) is 2.36. The number of primary amides is 1. The fourth-order valence-electron chi connectivity index (χ4n) is 1.44. The van der Waals surface area contributed by atoms with Gasteiger partial charge in [-0.3, -0.25) is 10.1 Å². The summed E-state index contributed by atoms with van der Waals surface area (Å²) in [5.74, 6) is 0.231. The van der Waals surface area contributed by atoms with Crippen LogP contribution in [0.1, 0.15) is 6.42 Å². The molecule has 0 radical (unpaired) electrons. The molecule has 0 bridgehead atoms. The Hall–Kier alpha value is -2.06. The minimum absolute atomic E-state index is 0.109. The summed E-state index contributed by atoms with van der Waals surface area (Å²) in [6.45, 7) is 0. The van der Waals surface area contributed by atoms with Gasteiger partial charge in [0.2, 0.25) is 11.8 Å². The Morgan fingerprint density at radius 3 is 2.81 bits per heavy atom. The number of carbonyl (C=O) groups is 2. The van der Waals surface area contributed by atoms with E-state index < -0.39 is 11.9 Å². The number of nitrogens with one attached hydrogen (secondary N) is 1. The van der Waals surface area contributed by atoms with Gasteiger partial charge >= 0.3 is 6.03 Å². The van der Waals surface area contributed by atoms with Crippen LogP contribution in [0.2, 0.25) is 5.02 Å².